The maximum absolute atomic E-state index is 12.7. The number of alkyl halides is 3. The molecule has 10 heteroatoms. The second kappa shape index (κ2) is 9.15. The Morgan fingerprint density at radius 2 is 1.86 bits per heavy atom. The van der Waals surface area contributed by atoms with Crippen LogP contribution in [0.5, 0.6) is 0 Å². The molecule has 1 aromatic heterocycles. The number of aromatic nitrogens is 4. The van der Waals surface area contributed by atoms with E-state index < -0.39 is 11.7 Å². The van der Waals surface area contributed by atoms with Crippen LogP contribution < -0.4 is 0 Å². The lowest BCUT2D eigenvalue weighted by Crippen LogP contribution is -2.40. The minimum atomic E-state index is -4.39. The highest BCUT2D eigenvalue weighted by Crippen LogP contribution is 2.30. The van der Waals surface area contributed by atoms with E-state index >= 15 is 0 Å². The predicted molar refractivity (Wildman–Crippen MR) is 105 cm³/mol. The highest BCUT2D eigenvalue weighted by Gasteiger charge is 2.30. The maximum Gasteiger partial charge on any atom is 0.416 e. The first-order chi connectivity index (χ1) is 13.8. The van der Waals surface area contributed by atoms with Crippen LogP contribution in [0.1, 0.15) is 44.0 Å². The summed E-state index contributed by atoms with van der Waals surface area (Å²) in [7, 11) is 1.86. The molecule has 0 unspecified atom stereocenters. The van der Waals surface area contributed by atoms with Crippen LogP contribution in [0.4, 0.5) is 13.2 Å². The molecule has 1 heterocycles. The molecule has 1 aliphatic carbocycles. The van der Waals surface area contributed by atoms with Crippen molar-refractivity contribution in [1.29, 1.82) is 0 Å². The Labute approximate surface area is 171 Å². The quantitative estimate of drug-likeness (QED) is 0.699. The summed E-state index contributed by atoms with van der Waals surface area (Å²) in [6.07, 6.45) is -0.00423. The molecule has 0 saturated heterocycles. The first-order valence-electron chi connectivity index (χ1n) is 9.54. The van der Waals surface area contributed by atoms with E-state index in [-0.39, 0.29) is 5.91 Å². The molecule has 1 aromatic carbocycles. The van der Waals surface area contributed by atoms with E-state index in [0.717, 1.165) is 43.7 Å². The number of amides is 1. The molecule has 1 aliphatic rings. The Bertz CT molecular complexity index is 816. The Morgan fingerprint density at radius 3 is 2.48 bits per heavy atom. The minimum absolute atomic E-state index is 0.0723. The van der Waals surface area contributed by atoms with E-state index in [4.69, 9.17) is 0 Å². The third-order valence-corrected chi connectivity index (χ3v) is 6.27. The second-order valence-electron chi connectivity index (χ2n) is 7.46. The zero-order chi connectivity index (χ0) is 21.0. The summed E-state index contributed by atoms with van der Waals surface area (Å²) >= 11 is 1.39. The summed E-state index contributed by atoms with van der Waals surface area (Å²) in [6, 6.07) is 4.96. The lowest BCUT2D eigenvalue weighted by atomic mass is 9.87. The van der Waals surface area contributed by atoms with Gasteiger partial charge in [0.2, 0.25) is 5.91 Å². The first kappa shape index (κ1) is 21.6. The number of nitrogens with zero attached hydrogens (tertiary/aromatic N) is 5. The molecule has 1 fully saturated rings. The Hall–Kier alpha value is -2.10. The fourth-order valence-electron chi connectivity index (χ4n) is 3.45. The standard InChI is InChI=1S/C19H24F3N5OS/c1-13-3-7-15(8-4-13)26(2)18(28)12-29-11-17-23-24-25-27(17)16-9-5-14(6-10-16)19(20,21)22/h5-6,9-10,13,15H,3-4,7-8,11-12H2,1-2H3. The van der Waals surface area contributed by atoms with Crippen LogP contribution in [-0.4, -0.2) is 49.9 Å². The van der Waals surface area contributed by atoms with Crippen molar-refractivity contribution in [3.8, 4) is 5.69 Å². The van der Waals surface area contributed by atoms with Gasteiger partial charge in [0.25, 0.3) is 0 Å². The average Bonchev–Trinajstić information content (AvgIpc) is 3.16. The van der Waals surface area contributed by atoms with Gasteiger partial charge in [0.1, 0.15) is 0 Å². The molecule has 2 aromatic rings. The number of hydrogen-bond donors (Lipinski definition) is 0. The molecule has 1 amide bonds. The van der Waals surface area contributed by atoms with Gasteiger partial charge in [-0.15, -0.1) is 16.9 Å². The van der Waals surface area contributed by atoms with Crippen LogP contribution in [0.25, 0.3) is 5.69 Å². The largest absolute Gasteiger partial charge is 0.416 e. The number of halogens is 3. The van der Waals surface area contributed by atoms with Crippen molar-refractivity contribution < 1.29 is 18.0 Å². The molecule has 0 bridgehead atoms. The number of hydrogen-bond acceptors (Lipinski definition) is 5. The van der Waals surface area contributed by atoms with Gasteiger partial charge in [-0.2, -0.15) is 17.9 Å². The monoisotopic (exact) mass is 427 g/mol. The number of tetrazole rings is 1. The maximum atomic E-state index is 12.7. The summed E-state index contributed by atoms with van der Waals surface area (Å²) < 4.78 is 39.5. The fourth-order valence-corrected chi connectivity index (χ4v) is 4.30. The van der Waals surface area contributed by atoms with Crippen LogP contribution in [0, 0.1) is 5.92 Å². The van der Waals surface area contributed by atoms with Gasteiger partial charge in [0.05, 0.1) is 22.8 Å². The molecular weight excluding hydrogens is 403 g/mol. The van der Waals surface area contributed by atoms with Crippen molar-refractivity contribution >= 4 is 17.7 Å². The molecule has 0 radical (unpaired) electrons. The number of carbonyl (C=O) groups is 1. The van der Waals surface area contributed by atoms with E-state index in [2.05, 4.69) is 22.4 Å². The van der Waals surface area contributed by atoms with Crippen LogP contribution in [-0.2, 0) is 16.7 Å². The summed E-state index contributed by atoms with van der Waals surface area (Å²) in [5, 5.41) is 11.4. The minimum Gasteiger partial charge on any atom is -0.342 e. The smallest absolute Gasteiger partial charge is 0.342 e. The molecule has 0 atom stereocenters. The Balaban J connectivity index is 1.54. The molecule has 0 aliphatic heterocycles. The van der Waals surface area contributed by atoms with E-state index in [0.29, 0.717) is 29.1 Å². The van der Waals surface area contributed by atoms with E-state index in [1.165, 1.54) is 28.6 Å². The normalized spacial score (nSPS) is 19.9. The van der Waals surface area contributed by atoms with Gasteiger partial charge < -0.3 is 4.90 Å². The third kappa shape index (κ3) is 5.49. The van der Waals surface area contributed by atoms with Crippen molar-refractivity contribution in [2.24, 2.45) is 5.92 Å². The Kier molecular flexibility index (Phi) is 6.81. The van der Waals surface area contributed by atoms with Gasteiger partial charge in [0, 0.05) is 13.1 Å². The first-order valence-corrected chi connectivity index (χ1v) is 10.7. The van der Waals surface area contributed by atoms with Gasteiger partial charge in [-0.25, -0.2) is 0 Å². The van der Waals surface area contributed by atoms with Crippen molar-refractivity contribution in [1.82, 2.24) is 25.1 Å². The van der Waals surface area contributed by atoms with Gasteiger partial charge in [-0.1, -0.05) is 6.92 Å². The highest BCUT2D eigenvalue weighted by molar-refractivity contribution is 7.99. The van der Waals surface area contributed by atoms with E-state index in [1.54, 1.807) is 0 Å². The van der Waals surface area contributed by atoms with Gasteiger partial charge in [-0.05, 0) is 66.3 Å². The lowest BCUT2D eigenvalue weighted by Gasteiger charge is -2.33. The predicted octanol–water partition coefficient (Wildman–Crippen LogP) is 3.95. The Morgan fingerprint density at radius 1 is 1.21 bits per heavy atom. The third-order valence-electron chi connectivity index (χ3n) is 5.36. The average molecular weight is 427 g/mol. The number of benzene rings is 1. The number of carbonyl (C=O) groups excluding carboxylic acids is 1. The lowest BCUT2D eigenvalue weighted by molar-refractivity contribution is -0.137. The van der Waals surface area contributed by atoms with Crippen LogP contribution in [0.15, 0.2) is 24.3 Å². The number of rotatable bonds is 6. The van der Waals surface area contributed by atoms with Crippen LogP contribution >= 0.6 is 11.8 Å². The molecule has 1 saturated carbocycles. The summed E-state index contributed by atoms with van der Waals surface area (Å²) in [5.41, 5.74) is -0.283. The fraction of sp³-hybridized carbons (Fsp3) is 0.579. The van der Waals surface area contributed by atoms with Gasteiger partial charge >= 0.3 is 6.18 Å². The van der Waals surface area contributed by atoms with Gasteiger partial charge in [-0.3, -0.25) is 4.79 Å². The molecule has 0 N–H and O–H groups in total. The van der Waals surface area contributed by atoms with Crippen LogP contribution in [0.3, 0.4) is 0 Å². The molecule has 158 valence electrons. The molecule has 29 heavy (non-hydrogen) atoms. The molecule has 0 spiro atoms. The van der Waals surface area contributed by atoms with Crippen molar-refractivity contribution in [2.45, 2.75) is 50.6 Å². The molecule has 3 rings (SSSR count). The van der Waals surface area contributed by atoms with E-state index in [1.807, 2.05) is 11.9 Å². The SMILES string of the molecule is CC1CCC(N(C)C(=O)CSCc2nnnn2-c2ccc(C(F)(F)F)cc2)CC1. The number of thioether (sulfide) groups is 1. The van der Waals surface area contributed by atoms with Crippen LogP contribution in [0.2, 0.25) is 0 Å². The van der Waals surface area contributed by atoms with E-state index in [9.17, 15) is 18.0 Å². The zero-order valence-corrected chi connectivity index (χ0v) is 17.2. The molecule has 6 nitrogen and oxygen atoms in total. The van der Waals surface area contributed by atoms with Crippen molar-refractivity contribution in [2.75, 3.05) is 12.8 Å². The summed E-state index contributed by atoms with van der Waals surface area (Å²) in [4.78, 5) is 14.3. The van der Waals surface area contributed by atoms with Gasteiger partial charge in [0.15, 0.2) is 5.82 Å². The highest BCUT2D eigenvalue weighted by atomic mass is 32.2. The second-order valence-corrected chi connectivity index (χ2v) is 8.45. The summed E-state index contributed by atoms with van der Waals surface area (Å²) in [5.74, 6) is 1.98. The molecular formula is C19H24F3N5OS. The summed E-state index contributed by atoms with van der Waals surface area (Å²) in [6.45, 7) is 2.24. The zero-order valence-electron chi connectivity index (χ0n) is 16.4. The van der Waals surface area contributed by atoms with Crippen molar-refractivity contribution in [3.05, 3.63) is 35.7 Å². The topological polar surface area (TPSA) is 63.9 Å². The van der Waals surface area contributed by atoms with Crippen molar-refractivity contribution in [3.63, 3.8) is 0 Å².